The number of hydrogen-bond acceptors (Lipinski definition) is 6. The van der Waals surface area contributed by atoms with Crippen LogP contribution < -0.4 is 0 Å². The van der Waals surface area contributed by atoms with E-state index in [-0.39, 0.29) is 0 Å². The lowest BCUT2D eigenvalue weighted by Crippen LogP contribution is -2.40. The van der Waals surface area contributed by atoms with Gasteiger partial charge in [0.05, 0.1) is 0 Å². The van der Waals surface area contributed by atoms with Crippen molar-refractivity contribution in [2.24, 2.45) is 0 Å². The molecule has 6 nitrogen and oxygen atoms in total. The number of carbonyl (C=O) groups excluding carboxylic acids is 1. The van der Waals surface area contributed by atoms with Crippen LogP contribution in [0.1, 0.15) is 56.6 Å². The minimum atomic E-state index is -2.70. The molecule has 3 N–H and O–H groups in total. The van der Waals surface area contributed by atoms with Gasteiger partial charge in [0, 0.05) is 6.42 Å². The fourth-order valence-corrected chi connectivity index (χ4v) is 3.48. The number of hydrogen-bond donors (Lipinski definition) is 3. The maximum atomic E-state index is 13.1. The maximum absolute atomic E-state index is 13.1. The third-order valence-corrected chi connectivity index (χ3v) is 5.10. The van der Waals surface area contributed by atoms with Crippen LogP contribution in [0, 0.1) is 0 Å². The fraction of sp³-hybridized carbons (Fsp3) is 0.409. The summed E-state index contributed by atoms with van der Waals surface area (Å²) in [5.41, 5.74) is -1.33. The number of aliphatic hydroxyl groups is 1. The van der Waals surface area contributed by atoms with Gasteiger partial charge in [-0.3, -0.25) is 4.52 Å². The number of ether oxygens (including phenoxy) is 1. The van der Waals surface area contributed by atoms with E-state index in [1.165, 1.54) is 0 Å². The van der Waals surface area contributed by atoms with Gasteiger partial charge in [0.1, 0.15) is 0 Å². The van der Waals surface area contributed by atoms with E-state index in [9.17, 15) is 19.7 Å². The van der Waals surface area contributed by atoms with Crippen LogP contribution in [0.15, 0.2) is 60.7 Å². The minimum Gasteiger partial charge on any atom is -0.433 e. The largest absolute Gasteiger partial charge is 0.433 e. The first kappa shape index (κ1) is 23.5. The molecule has 0 fully saturated rings. The Morgan fingerprint density at radius 3 is 1.93 bits per heavy atom. The molecule has 0 bridgehead atoms. The normalized spacial score (nSPS) is 12.7. The van der Waals surface area contributed by atoms with E-state index < -0.39 is 26.5 Å². The summed E-state index contributed by atoms with van der Waals surface area (Å²) in [4.78, 5) is 31.6. The molecule has 29 heavy (non-hydrogen) atoms. The van der Waals surface area contributed by atoms with E-state index in [1.54, 1.807) is 60.7 Å². The summed E-state index contributed by atoms with van der Waals surface area (Å²) in [6.45, 7) is 2.12. The Labute approximate surface area is 173 Å². The lowest BCUT2D eigenvalue weighted by atomic mass is 9.86. The Kier molecular flexibility index (Phi) is 9.71. The van der Waals surface area contributed by atoms with E-state index in [1.807, 2.05) is 0 Å². The molecule has 7 heteroatoms. The third kappa shape index (κ3) is 6.88. The first-order chi connectivity index (χ1) is 14.0. The summed E-state index contributed by atoms with van der Waals surface area (Å²) < 4.78 is 10.4. The SMILES string of the molecule is CCCCCCCC(OC(=O)C(O)(c1ccccc1)c1ccccc1)OP(O)O. The molecule has 2 aromatic carbocycles. The van der Waals surface area contributed by atoms with Crippen molar-refractivity contribution in [2.75, 3.05) is 0 Å². The Balaban J connectivity index is 2.20. The van der Waals surface area contributed by atoms with E-state index in [2.05, 4.69) is 6.92 Å². The molecule has 1 unspecified atom stereocenters. The maximum Gasteiger partial charge on any atom is 0.350 e. The Hall–Kier alpha value is -1.82. The molecular weight excluding hydrogens is 391 g/mol. The molecule has 0 heterocycles. The van der Waals surface area contributed by atoms with Crippen LogP contribution >= 0.6 is 8.60 Å². The van der Waals surface area contributed by atoms with Crippen LogP contribution in [0.3, 0.4) is 0 Å². The molecule has 0 aromatic heterocycles. The second kappa shape index (κ2) is 12.0. The van der Waals surface area contributed by atoms with Crippen molar-refractivity contribution >= 4 is 14.6 Å². The molecule has 2 aromatic rings. The van der Waals surface area contributed by atoms with Crippen LogP contribution in [-0.4, -0.2) is 27.2 Å². The van der Waals surface area contributed by atoms with Gasteiger partial charge < -0.3 is 19.6 Å². The molecular formula is C22H29O6P. The van der Waals surface area contributed by atoms with Crippen molar-refractivity contribution in [3.63, 3.8) is 0 Å². The van der Waals surface area contributed by atoms with Gasteiger partial charge in [-0.05, 0) is 17.5 Å². The van der Waals surface area contributed by atoms with Crippen molar-refractivity contribution in [1.29, 1.82) is 0 Å². The number of unbranched alkanes of at least 4 members (excludes halogenated alkanes) is 4. The summed E-state index contributed by atoms with van der Waals surface area (Å²) in [7, 11) is -2.70. The van der Waals surface area contributed by atoms with Crippen molar-refractivity contribution in [3.8, 4) is 0 Å². The molecule has 0 amide bonds. The molecule has 0 radical (unpaired) electrons. The molecule has 0 saturated heterocycles. The Bertz CT molecular complexity index is 683. The molecule has 0 saturated carbocycles. The highest BCUT2D eigenvalue weighted by Gasteiger charge is 2.43. The number of carbonyl (C=O) groups is 1. The monoisotopic (exact) mass is 420 g/mol. The number of rotatable bonds is 12. The quantitative estimate of drug-likeness (QED) is 0.204. The molecule has 0 aliphatic heterocycles. The molecule has 1 atom stereocenters. The molecule has 0 aliphatic rings. The highest BCUT2D eigenvalue weighted by Crippen LogP contribution is 2.34. The van der Waals surface area contributed by atoms with Gasteiger partial charge in [0.25, 0.3) is 0 Å². The molecule has 0 spiro atoms. The standard InChI is InChI=1S/C22H29O6P/c1-2-3-4-5-12-17-20(28-29(25)26)27-21(23)22(24,18-13-8-6-9-14-18)19-15-10-7-11-16-19/h6-11,13-16,20,24-26H,2-5,12,17H2,1H3. The van der Waals surface area contributed by atoms with E-state index in [0.29, 0.717) is 24.0 Å². The summed E-state index contributed by atoms with van der Waals surface area (Å²) in [5, 5.41) is 11.4. The topological polar surface area (TPSA) is 96.2 Å². The lowest BCUT2D eigenvalue weighted by molar-refractivity contribution is -0.183. The van der Waals surface area contributed by atoms with Gasteiger partial charge in [0.2, 0.25) is 11.9 Å². The number of benzene rings is 2. The second-order valence-corrected chi connectivity index (χ2v) is 7.55. The molecule has 2 rings (SSSR count). The van der Waals surface area contributed by atoms with Crippen LogP contribution in [-0.2, 0) is 19.7 Å². The second-order valence-electron chi connectivity index (χ2n) is 6.84. The van der Waals surface area contributed by atoms with Crippen LogP contribution in [0.25, 0.3) is 0 Å². The Morgan fingerprint density at radius 2 is 1.45 bits per heavy atom. The Morgan fingerprint density at radius 1 is 0.931 bits per heavy atom. The van der Waals surface area contributed by atoms with Crippen molar-refractivity contribution in [3.05, 3.63) is 71.8 Å². The highest BCUT2D eigenvalue weighted by atomic mass is 31.2. The summed E-state index contributed by atoms with van der Waals surface area (Å²) in [5.74, 6) is -0.926. The van der Waals surface area contributed by atoms with Gasteiger partial charge >= 0.3 is 14.6 Å². The predicted molar refractivity (Wildman–Crippen MR) is 112 cm³/mol. The predicted octanol–water partition coefficient (Wildman–Crippen LogP) is 4.38. The average Bonchev–Trinajstić information content (AvgIpc) is 2.73. The van der Waals surface area contributed by atoms with Gasteiger partial charge in [-0.15, -0.1) is 0 Å². The summed E-state index contributed by atoms with van der Waals surface area (Å²) in [6.07, 6.45) is 4.05. The van der Waals surface area contributed by atoms with Gasteiger partial charge in [-0.2, -0.15) is 0 Å². The fourth-order valence-electron chi connectivity index (χ4n) is 3.12. The highest BCUT2D eigenvalue weighted by molar-refractivity contribution is 7.39. The third-order valence-electron chi connectivity index (χ3n) is 4.67. The first-order valence-electron chi connectivity index (χ1n) is 9.87. The first-order valence-corrected chi connectivity index (χ1v) is 11.0. The smallest absolute Gasteiger partial charge is 0.350 e. The zero-order chi connectivity index (χ0) is 21.1. The molecule has 0 aliphatic carbocycles. The number of esters is 1. The van der Waals surface area contributed by atoms with E-state index >= 15 is 0 Å². The van der Waals surface area contributed by atoms with E-state index in [4.69, 9.17) is 9.26 Å². The van der Waals surface area contributed by atoms with Gasteiger partial charge in [0.15, 0.2) is 0 Å². The summed E-state index contributed by atoms with van der Waals surface area (Å²) in [6, 6.07) is 17.0. The van der Waals surface area contributed by atoms with Crippen LogP contribution in [0.4, 0.5) is 0 Å². The van der Waals surface area contributed by atoms with E-state index in [0.717, 1.165) is 25.7 Å². The average molecular weight is 420 g/mol. The van der Waals surface area contributed by atoms with Crippen molar-refractivity contribution in [2.45, 2.75) is 57.3 Å². The minimum absolute atomic E-state index is 0.315. The van der Waals surface area contributed by atoms with Gasteiger partial charge in [-0.25, -0.2) is 4.79 Å². The summed E-state index contributed by atoms with van der Waals surface area (Å²) >= 11 is 0. The lowest BCUT2D eigenvalue weighted by Gasteiger charge is -2.29. The zero-order valence-electron chi connectivity index (χ0n) is 16.6. The van der Waals surface area contributed by atoms with Crippen molar-refractivity contribution in [1.82, 2.24) is 0 Å². The van der Waals surface area contributed by atoms with Crippen molar-refractivity contribution < 1.29 is 28.9 Å². The molecule has 158 valence electrons. The van der Waals surface area contributed by atoms with Crippen LogP contribution in [0.5, 0.6) is 0 Å². The van der Waals surface area contributed by atoms with Crippen LogP contribution in [0.2, 0.25) is 0 Å². The van der Waals surface area contributed by atoms with Gasteiger partial charge in [-0.1, -0.05) is 93.3 Å². The zero-order valence-corrected chi connectivity index (χ0v) is 17.5.